The third-order valence-electron chi connectivity index (χ3n) is 7.61. The number of aliphatic hydroxyl groups excluding tert-OH is 2. The van der Waals surface area contributed by atoms with Crippen molar-refractivity contribution in [3.05, 3.63) is 12.2 Å². The number of carbonyl (C=O) groups excluding carboxylic acids is 4. The predicted octanol–water partition coefficient (Wildman–Crippen LogP) is -0.985. The van der Waals surface area contributed by atoms with Crippen molar-refractivity contribution in [1.82, 2.24) is 9.80 Å². The van der Waals surface area contributed by atoms with Crippen LogP contribution in [0, 0.1) is 47.3 Å². The van der Waals surface area contributed by atoms with E-state index in [0.29, 0.717) is 12.8 Å². The fourth-order valence-electron chi connectivity index (χ4n) is 6.62. The molecule has 6 aliphatic rings. The Hall–Kier alpha value is -2.06. The van der Waals surface area contributed by atoms with E-state index in [9.17, 15) is 19.2 Å². The number of nitrogens with zero attached hydrogens (tertiary/aromatic N) is 2. The number of likely N-dealkylation sites (tertiary alicyclic amines) is 2. The molecule has 8 atom stereocenters. The van der Waals surface area contributed by atoms with Crippen LogP contribution in [0.25, 0.3) is 0 Å². The number of amides is 4. The van der Waals surface area contributed by atoms with Gasteiger partial charge in [0.1, 0.15) is 0 Å². The Morgan fingerprint density at radius 2 is 1.00 bits per heavy atom. The third-order valence-corrected chi connectivity index (χ3v) is 7.61. The van der Waals surface area contributed by atoms with Gasteiger partial charge in [-0.3, -0.25) is 29.0 Å². The highest BCUT2D eigenvalue weighted by atomic mass is 16.3. The zero-order valence-electron chi connectivity index (χ0n) is 15.4. The van der Waals surface area contributed by atoms with Gasteiger partial charge < -0.3 is 10.2 Å². The van der Waals surface area contributed by atoms with Crippen LogP contribution in [0.4, 0.5) is 0 Å². The van der Waals surface area contributed by atoms with E-state index >= 15 is 0 Å². The standard InChI is InChI=1S/C20H24N2O6/c23-7-1-5-21-17(25)13-9-3-4-10(14(13)18(21)26)12-11(9)15-16(12)20(28)22(19(15)27)6-2-8-24/h3-4,9-16,23-24H,1-2,5-8H2/t9-,10?,11-,12?,13+,14+,15+,16+/m0/s1. The lowest BCUT2D eigenvalue weighted by molar-refractivity contribution is -0.166. The first-order chi connectivity index (χ1) is 13.5. The quantitative estimate of drug-likeness (QED) is 0.446. The van der Waals surface area contributed by atoms with E-state index in [0.717, 1.165) is 0 Å². The average molecular weight is 388 g/mol. The lowest BCUT2D eigenvalue weighted by Crippen LogP contribution is -2.63. The molecule has 8 heteroatoms. The molecule has 4 fully saturated rings. The van der Waals surface area contributed by atoms with Gasteiger partial charge in [-0.05, 0) is 36.5 Å². The van der Waals surface area contributed by atoms with Gasteiger partial charge in [-0.15, -0.1) is 0 Å². The first-order valence-corrected chi connectivity index (χ1v) is 10.1. The van der Waals surface area contributed by atoms with Crippen LogP contribution in [-0.4, -0.2) is 69.9 Å². The molecule has 2 N–H and O–H groups in total. The summed E-state index contributed by atoms with van der Waals surface area (Å²) in [5.41, 5.74) is 0. The highest BCUT2D eigenvalue weighted by molar-refractivity contribution is 6.09. The molecule has 150 valence electrons. The van der Waals surface area contributed by atoms with Gasteiger partial charge in [-0.25, -0.2) is 0 Å². The zero-order chi connectivity index (χ0) is 19.7. The van der Waals surface area contributed by atoms with Crippen LogP contribution >= 0.6 is 0 Å². The first kappa shape index (κ1) is 18.0. The van der Waals surface area contributed by atoms with Crippen molar-refractivity contribution in [3.63, 3.8) is 0 Å². The van der Waals surface area contributed by atoms with Crippen molar-refractivity contribution in [2.75, 3.05) is 26.3 Å². The van der Waals surface area contributed by atoms with Crippen molar-refractivity contribution in [3.8, 4) is 0 Å². The Labute approximate surface area is 162 Å². The Morgan fingerprint density at radius 3 is 1.36 bits per heavy atom. The van der Waals surface area contributed by atoms with Crippen LogP contribution in [0.5, 0.6) is 0 Å². The second kappa shape index (κ2) is 6.22. The fraction of sp³-hybridized carbons (Fsp3) is 0.700. The van der Waals surface area contributed by atoms with E-state index in [1.165, 1.54) is 9.80 Å². The number of rotatable bonds is 6. The van der Waals surface area contributed by atoms with Gasteiger partial charge in [0, 0.05) is 26.3 Å². The monoisotopic (exact) mass is 388 g/mol. The van der Waals surface area contributed by atoms with Crippen molar-refractivity contribution >= 4 is 23.6 Å². The molecular weight excluding hydrogens is 364 g/mol. The van der Waals surface area contributed by atoms with E-state index in [4.69, 9.17) is 10.2 Å². The maximum atomic E-state index is 13.0. The predicted molar refractivity (Wildman–Crippen MR) is 93.9 cm³/mol. The second-order valence-electron chi connectivity index (χ2n) is 8.61. The molecule has 2 saturated carbocycles. The molecular formula is C20H24N2O6. The summed E-state index contributed by atoms with van der Waals surface area (Å²) in [6.07, 6.45) is 4.68. The van der Waals surface area contributed by atoms with Crippen LogP contribution in [0.2, 0.25) is 0 Å². The lowest BCUT2D eigenvalue weighted by atomic mass is 9.40. The van der Waals surface area contributed by atoms with Gasteiger partial charge in [-0.2, -0.15) is 0 Å². The second-order valence-corrected chi connectivity index (χ2v) is 8.61. The zero-order valence-corrected chi connectivity index (χ0v) is 15.4. The van der Waals surface area contributed by atoms with Crippen LogP contribution in [-0.2, 0) is 19.2 Å². The minimum absolute atomic E-state index is 0.0635. The van der Waals surface area contributed by atoms with Gasteiger partial charge >= 0.3 is 0 Å². The normalized spacial score (nSPS) is 42.8. The topological polar surface area (TPSA) is 115 Å². The molecule has 2 bridgehead atoms. The molecule has 8 nitrogen and oxygen atoms in total. The largest absolute Gasteiger partial charge is 0.396 e. The van der Waals surface area contributed by atoms with E-state index in [-0.39, 0.29) is 73.6 Å². The minimum Gasteiger partial charge on any atom is -0.396 e. The maximum Gasteiger partial charge on any atom is 0.233 e. The van der Waals surface area contributed by atoms with Gasteiger partial charge in [-0.1, -0.05) is 12.2 Å². The third kappa shape index (κ3) is 2.02. The number of allylic oxidation sites excluding steroid dienone is 2. The molecule has 0 aromatic carbocycles. The molecule has 2 heterocycles. The number of fused-ring (bicyclic) bond motifs is 1. The van der Waals surface area contributed by atoms with Crippen molar-refractivity contribution in [2.45, 2.75) is 12.8 Å². The molecule has 2 aliphatic heterocycles. The number of aliphatic hydroxyl groups is 2. The molecule has 4 aliphatic carbocycles. The average Bonchev–Trinajstić information content (AvgIpc) is 3.03. The molecule has 0 aromatic rings. The Morgan fingerprint density at radius 1 is 0.643 bits per heavy atom. The summed E-state index contributed by atoms with van der Waals surface area (Å²) < 4.78 is 0. The summed E-state index contributed by atoms with van der Waals surface area (Å²) in [5.74, 6) is -2.96. The van der Waals surface area contributed by atoms with Crippen LogP contribution in [0.15, 0.2) is 12.2 Å². The van der Waals surface area contributed by atoms with Crippen molar-refractivity contribution in [2.24, 2.45) is 47.3 Å². The molecule has 4 amide bonds. The summed E-state index contributed by atoms with van der Waals surface area (Å²) in [7, 11) is 0. The molecule has 2 unspecified atom stereocenters. The highest BCUT2D eigenvalue weighted by Gasteiger charge is 2.74. The molecule has 0 aromatic heterocycles. The first-order valence-electron chi connectivity index (χ1n) is 10.1. The molecule has 2 saturated heterocycles. The van der Waals surface area contributed by atoms with E-state index < -0.39 is 23.7 Å². The van der Waals surface area contributed by atoms with Crippen LogP contribution < -0.4 is 0 Å². The van der Waals surface area contributed by atoms with Crippen LogP contribution in [0.3, 0.4) is 0 Å². The highest BCUT2D eigenvalue weighted by Crippen LogP contribution is 2.68. The maximum absolute atomic E-state index is 13.0. The Balaban J connectivity index is 1.45. The van der Waals surface area contributed by atoms with Crippen molar-refractivity contribution < 1.29 is 29.4 Å². The number of carbonyl (C=O) groups is 4. The van der Waals surface area contributed by atoms with E-state index in [1.54, 1.807) is 0 Å². The number of hydrogen-bond donors (Lipinski definition) is 2. The summed E-state index contributed by atoms with van der Waals surface area (Å²) in [5, 5.41) is 18.1. The van der Waals surface area contributed by atoms with E-state index in [1.807, 2.05) is 12.2 Å². The molecule has 0 radical (unpaired) electrons. The van der Waals surface area contributed by atoms with Crippen LogP contribution in [0.1, 0.15) is 12.8 Å². The summed E-state index contributed by atoms with van der Waals surface area (Å²) in [6.45, 7) is 0.279. The van der Waals surface area contributed by atoms with Gasteiger partial charge in [0.25, 0.3) is 0 Å². The Bertz CT molecular complexity index is 738. The fourth-order valence-corrected chi connectivity index (χ4v) is 6.62. The minimum atomic E-state index is -0.446. The smallest absolute Gasteiger partial charge is 0.233 e. The summed E-state index contributed by atoms with van der Waals surface area (Å²) >= 11 is 0. The SMILES string of the molecule is O=C1[C@@H]2[C@H]3C=CC(C4[C@H]3[C@H]3C(=O)N(CCCO)C(=O)[C@H]43)[C@H]2C(=O)N1CCCO. The van der Waals surface area contributed by atoms with Crippen molar-refractivity contribution in [1.29, 1.82) is 0 Å². The summed E-state index contributed by atoms with van der Waals surface area (Å²) in [6, 6.07) is 0. The Kier molecular flexibility index (Phi) is 4.00. The molecule has 6 rings (SSSR count). The number of hydrogen-bond acceptors (Lipinski definition) is 6. The summed E-state index contributed by atoms with van der Waals surface area (Å²) in [4.78, 5) is 54.2. The van der Waals surface area contributed by atoms with Gasteiger partial charge in [0.15, 0.2) is 0 Å². The van der Waals surface area contributed by atoms with Gasteiger partial charge in [0.2, 0.25) is 23.6 Å². The van der Waals surface area contributed by atoms with E-state index in [2.05, 4.69) is 0 Å². The molecule has 28 heavy (non-hydrogen) atoms. The lowest BCUT2D eigenvalue weighted by Gasteiger charge is -2.60. The number of imide groups is 2. The van der Waals surface area contributed by atoms with Gasteiger partial charge in [0.05, 0.1) is 23.7 Å². The molecule has 0 spiro atoms.